The fourth-order valence-corrected chi connectivity index (χ4v) is 4.65. The Hall–Kier alpha value is -5.11. The van der Waals surface area contributed by atoms with Crippen molar-refractivity contribution < 1.29 is 61.9 Å². The number of carbonyl (C=O) groups excluding carboxylic acids is 4. The van der Waals surface area contributed by atoms with E-state index in [4.69, 9.17) is 37.6 Å². The van der Waals surface area contributed by atoms with Crippen LogP contribution in [-0.4, -0.2) is 73.4 Å². The molecule has 234 valence electrons. The number of methoxy groups -OCH3 is 1. The zero-order valence-corrected chi connectivity index (χ0v) is 24.4. The lowest BCUT2D eigenvalue weighted by molar-refractivity contribution is -0.288. The van der Waals surface area contributed by atoms with Crippen molar-refractivity contribution in [2.24, 2.45) is 0 Å². The highest BCUT2D eigenvalue weighted by Gasteiger charge is 2.53. The SMILES string of the molecule is COc1ccc(-c2coc3c(O[C@@H]4O[C@H](COC(C)=O)[C@@H](OC(C)=O)[C@H](OC(C)=O)[C@H]4OC(C)=O)c(O)ccc3c2=O)cc1. The van der Waals surface area contributed by atoms with E-state index in [9.17, 15) is 29.1 Å². The summed E-state index contributed by atoms with van der Waals surface area (Å²) >= 11 is 0. The van der Waals surface area contributed by atoms with E-state index in [-0.39, 0.29) is 22.3 Å². The van der Waals surface area contributed by atoms with Gasteiger partial charge < -0.3 is 42.7 Å². The standard InChI is InChI=1S/C30H30O14/c1-14(31)38-13-23-27(40-15(2)32)28(41-16(3)33)29(42-17(4)34)30(43-23)44-26-22(35)11-10-20-24(36)21(12-39-25(20)26)18-6-8-19(37-5)9-7-18/h6-12,23,27-30,35H,13H2,1-5H3/t23-,27-,28+,29-,30+/m1/s1. The van der Waals surface area contributed by atoms with Gasteiger partial charge in [-0.1, -0.05) is 12.1 Å². The Bertz CT molecular complexity index is 1610. The highest BCUT2D eigenvalue weighted by Crippen LogP contribution is 2.38. The zero-order chi connectivity index (χ0) is 32.1. The molecule has 0 saturated carbocycles. The van der Waals surface area contributed by atoms with Gasteiger partial charge in [-0.25, -0.2) is 0 Å². The summed E-state index contributed by atoms with van der Waals surface area (Å²) in [4.78, 5) is 61.3. The van der Waals surface area contributed by atoms with E-state index in [1.807, 2.05) is 0 Å². The maximum absolute atomic E-state index is 13.5. The molecular formula is C30H30O14. The molecule has 0 radical (unpaired) electrons. The Morgan fingerprint density at radius 3 is 2.02 bits per heavy atom. The maximum atomic E-state index is 13.5. The Labute approximate surface area is 250 Å². The molecule has 1 aromatic heterocycles. The summed E-state index contributed by atoms with van der Waals surface area (Å²) in [5.41, 5.74) is 0.114. The van der Waals surface area contributed by atoms with Crippen LogP contribution in [0.1, 0.15) is 27.7 Å². The minimum absolute atomic E-state index is 0.0248. The van der Waals surface area contributed by atoms with Gasteiger partial charge in [-0.2, -0.15) is 0 Å². The average Bonchev–Trinajstić information content (AvgIpc) is 2.96. The predicted molar refractivity (Wildman–Crippen MR) is 149 cm³/mol. The van der Waals surface area contributed by atoms with Crippen LogP contribution < -0.4 is 14.9 Å². The number of rotatable bonds is 9. The van der Waals surface area contributed by atoms with Crippen LogP contribution in [0.3, 0.4) is 0 Å². The number of carbonyl (C=O) groups is 4. The lowest BCUT2D eigenvalue weighted by Crippen LogP contribution is -2.63. The van der Waals surface area contributed by atoms with Gasteiger partial charge in [0.05, 0.1) is 18.1 Å². The molecule has 0 bridgehead atoms. The fraction of sp³-hybridized carbons (Fsp3) is 0.367. The molecule has 44 heavy (non-hydrogen) atoms. The molecule has 0 aliphatic carbocycles. The van der Waals surface area contributed by atoms with Gasteiger partial charge >= 0.3 is 23.9 Å². The Morgan fingerprint density at radius 1 is 0.818 bits per heavy atom. The molecule has 1 aliphatic rings. The summed E-state index contributed by atoms with van der Waals surface area (Å²) in [7, 11) is 1.51. The molecular weight excluding hydrogens is 584 g/mol. The van der Waals surface area contributed by atoms with E-state index in [1.165, 1.54) is 25.5 Å². The number of hydrogen-bond acceptors (Lipinski definition) is 14. The number of phenolic OH excluding ortho intramolecular Hbond substituents is 1. The lowest BCUT2D eigenvalue weighted by Gasteiger charge is -2.43. The third-order valence-corrected chi connectivity index (χ3v) is 6.46. The van der Waals surface area contributed by atoms with Crippen LogP contribution in [0, 0.1) is 0 Å². The topological polar surface area (TPSA) is 183 Å². The molecule has 1 aliphatic heterocycles. The second-order valence-corrected chi connectivity index (χ2v) is 9.68. The minimum atomic E-state index is -1.67. The van der Waals surface area contributed by atoms with Gasteiger partial charge in [0.1, 0.15) is 24.7 Å². The largest absolute Gasteiger partial charge is 0.504 e. The first-order chi connectivity index (χ1) is 20.9. The molecule has 0 amide bonds. The first kappa shape index (κ1) is 31.8. The average molecular weight is 615 g/mol. The maximum Gasteiger partial charge on any atom is 0.303 e. The van der Waals surface area contributed by atoms with Gasteiger partial charge in [0, 0.05) is 27.7 Å². The highest BCUT2D eigenvalue weighted by atomic mass is 16.7. The predicted octanol–water partition coefficient (Wildman–Crippen LogP) is 2.64. The first-order valence-corrected chi connectivity index (χ1v) is 13.3. The van der Waals surface area contributed by atoms with Crippen molar-refractivity contribution in [1.29, 1.82) is 0 Å². The summed E-state index contributed by atoms with van der Waals surface area (Å²) < 4.78 is 44.1. The molecule has 1 N–H and O–H groups in total. The highest BCUT2D eigenvalue weighted by molar-refractivity contribution is 5.88. The van der Waals surface area contributed by atoms with Gasteiger partial charge in [0.15, 0.2) is 23.5 Å². The monoisotopic (exact) mass is 614 g/mol. The van der Waals surface area contributed by atoms with Crippen molar-refractivity contribution in [2.75, 3.05) is 13.7 Å². The minimum Gasteiger partial charge on any atom is -0.504 e. The van der Waals surface area contributed by atoms with Crippen LogP contribution in [-0.2, 0) is 42.9 Å². The quantitative estimate of drug-likeness (QED) is 0.274. The second kappa shape index (κ2) is 13.5. The fourth-order valence-electron chi connectivity index (χ4n) is 4.65. The van der Waals surface area contributed by atoms with Crippen molar-refractivity contribution in [2.45, 2.75) is 58.4 Å². The van der Waals surface area contributed by atoms with Crippen molar-refractivity contribution in [3.05, 3.63) is 52.9 Å². The Kier molecular flexibility index (Phi) is 9.73. The second-order valence-electron chi connectivity index (χ2n) is 9.68. The molecule has 14 nitrogen and oxygen atoms in total. The van der Waals surface area contributed by atoms with E-state index in [1.54, 1.807) is 24.3 Å². The van der Waals surface area contributed by atoms with Gasteiger partial charge in [0.25, 0.3) is 0 Å². The summed E-state index contributed by atoms with van der Waals surface area (Å²) in [5.74, 6) is -3.44. The third kappa shape index (κ3) is 7.09. The molecule has 2 aromatic carbocycles. The van der Waals surface area contributed by atoms with E-state index < -0.39 is 72.4 Å². The molecule has 4 rings (SSSR count). The van der Waals surface area contributed by atoms with Crippen LogP contribution in [0.5, 0.6) is 17.2 Å². The van der Waals surface area contributed by atoms with Crippen LogP contribution in [0.4, 0.5) is 0 Å². The third-order valence-electron chi connectivity index (χ3n) is 6.46. The van der Waals surface area contributed by atoms with Crippen LogP contribution in [0.15, 0.2) is 51.9 Å². The number of ether oxygens (including phenoxy) is 7. The Morgan fingerprint density at radius 2 is 1.43 bits per heavy atom. The van der Waals surface area contributed by atoms with Crippen molar-refractivity contribution in [1.82, 2.24) is 0 Å². The molecule has 0 spiro atoms. The Balaban J connectivity index is 1.80. The van der Waals surface area contributed by atoms with Crippen molar-refractivity contribution in [3.8, 4) is 28.4 Å². The van der Waals surface area contributed by atoms with Crippen molar-refractivity contribution >= 4 is 34.8 Å². The van der Waals surface area contributed by atoms with Crippen LogP contribution in [0.25, 0.3) is 22.1 Å². The van der Waals surface area contributed by atoms with E-state index >= 15 is 0 Å². The first-order valence-electron chi connectivity index (χ1n) is 13.3. The zero-order valence-electron chi connectivity index (χ0n) is 24.4. The lowest BCUT2D eigenvalue weighted by atomic mass is 9.98. The number of aromatic hydroxyl groups is 1. The number of hydrogen-bond donors (Lipinski definition) is 1. The smallest absolute Gasteiger partial charge is 0.303 e. The van der Waals surface area contributed by atoms with E-state index in [0.29, 0.717) is 11.3 Å². The molecule has 3 aromatic rings. The molecule has 2 heterocycles. The molecule has 1 saturated heterocycles. The van der Waals surface area contributed by atoms with Crippen LogP contribution >= 0.6 is 0 Å². The normalized spacial score (nSPS) is 21.2. The summed E-state index contributed by atoms with van der Waals surface area (Å²) in [6.07, 6.45) is -6.27. The number of phenols is 1. The van der Waals surface area contributed by atoms with Gasteiger partial charge in [-0.3, -0.25) is 24.0 Å². The number of fused-ring (bicyclic) bond motifs is 1. The van der Waals surface area contributed by atoms with E-state index in [2.05, 4.69) is 0 Å². The molecule has 1 fully saturated rings. The number of esters is 4. The van der Waals surface area contributed by atoms with Crippen LogP contribution in [0.2, 0.25) is 0 Å². The van der Waals surface area contributed by atoms with Gasteiger partial charge in [-0.15, -0.1) is 0 Å². The summed E-state index contributed by atoms with van der Waals surface area (Å²) in [6, 6.07) is 9.23. The van der Waals surface area contributed by atoms with E-state index in [0.717, 1.165) is 27.7 Å². The summed E-state index contributed by atoms with van der Waals surface area (Å²) in [5, 5.41) is 10.8. The molecule has 0 unspecified atom stereocenters. The van der Waals surface area contributed by atoms with Crippen molar-refractivity contribution in [3.63, 3.8) is 0 Å². The summed E-state index contributed by atoms with van der Waals surface area (Å²) in [6.45, 7) is 3.89. The van der Waals surface area contributed by atoms with Gasteiger partial charge in [-0.05, 0) is 29.8 Å². The van der Waals surface area contributed by atoms with Gasteiger partial charge in [0.2, 0.25) is 23.6 Å². The molecule has 14 heteroatoms. The molecule has 5 atom stereocenters. The number of benzene rings is 2.